The minimum atomic E-state index is 0.338. The predicted octanol–water partition coefficient (Wildman–Crippen LogP) is 4.48. The van der Waals surface area contributed by atoms with Gasteiger partial charge in [0.15, 0.2) is 22.9 Å². The van der Waals surface area contributed by atoms with Gasteiger partial charge in [0, 0.05) is 11.6 Å². The Kier molecular flexibility index (Phi) is 5.30. The van der Waals surface area contributed by atoms with Crippen LogP contribution in [-0.4, -0.2) is 29.6 Å². The van der Waals surface area contributed by atoms with Gasteiger partial charge < -0.3 is 9.47 Å². The van der Waals surface area contributed by atoms with Gasteiger partial charge in [-0.3, -0.25) is 4.79 Å². The molecular weight excluding hydrogens is 336 g/mol. The van der Waals surface area contributed by atoms with Crippen molar-refractivity contribution in [1.29, 1.82) is 0 Å². The van der Waals surface area contributed by atoms with Gasteiger partial charge in [-0.25, -0.2) is 4.98 Å². The monoisotopic (exact) mass is 352 g/mol. The molecule has 3 rings (SSSR count). The Bertz CT molecular complexity index is 885. The van der Waals surface area contributed by atoms with E-state index in [1.165, 1.54) is 18.9 Å². The van der Waals surface area contributed by atoms with Gasteiger partial charge >= 0.3 is 0 Å². The molecule has 3 aromatic rings. The van der Waals surface area contributed by atoms with Crippen LogP contribution in [0, 0.1) is 0 Å². The molecule has 0 aliphatic carbocycles. The number of para-hydroxylation sites is 1. The number of nitrogens with zero attached hydrogens (tertiary/aromatic N) is 2. The third kappa shape index (κ3) is 3.80. The molecule has 25 heavy (non-hydrogen) atoms. The van der Waals surface area contributed by atoms with Crippen LogP contribution in [0.3, 0.4) is 0 Å². The molecule has 0 bridgehead atoms. The number of carbonyl (C=O) groups excluding carboxylic acids is 1. The summed E-state index contributed by atoms with van der Waals surface area (Å²) < 4.78 is 11.2. The molecule has 0 aliphatic heterocycles. The zero-order valence-corrected chi connectivity index (χ0v) is 14.6. The molecule has 0 aliphatic rings. The topological polar surface area (TPSA) is 61.3 Å². The van der Waals surface area contributed by atoms with Crippen molar-refractivity contribution in [3.05, 3.63) is 60.2 Å². The number of rotatable bonds is 6. The second-order valence-electron chi connectivity index (χ2n) is 5.04. The first-order valence-electron chi connectivity index (χ1n) is 7.53. The normalized spacial score (nSPS) is 10.3. The molecule has 1 aromatic heterocycles. The Morgan fingerprint density at radius 1 is 1.04 bits per heavy atom. The third-order valence-corrected chi connectivity index (χ3v) is 4.04. The molecule has 0 N–H and O–H groups in total. The zero-order chi connectivity index (χ0) is 17.6. The van der Waals surface area contributed by atoms with Crippen LogP contribution in [0.1, 0.15) is 10.4 Å². The summed E-state index contributed by atoms with van der Waals surface area (Å²) in [7, 11) is 1.53. The molecule has 0 amide bonds. The number of aromatic nitrogens is 2. The van der Waals surface area contributed by atoms with Gasteiger partial charge in [0.25, 0.3) is 0 Å². The van der Waals surface area contributed by atoms with Gasteiger partial charge in [-0.15, -0.1) is 0 Å². The Morgan fingerprint density at radius 2 is 1.84 bits per heavy atom. The van der Waals surface area contributed by atoms with E-state index in [2.05, 4.69) is 9.97 Å². The summed E-state index contributed by atoms with van der Waals surface area (Å²) >= 11 is 1.42. The molecule has 2 aromatic carbocycles. The molecule has 126 valence electrons. The van der Waals surface area contributed by atoms with Crippen molar-refractivity contribution >= 4 is 18.0 Å². The summed E-state index contributed by atoms with van der Waals surface area (Å²) in [5, 5.41) is 0.582. The van der Waals surface area contributed by atoms with E-state index in [4.69, 9.17) is 9.47 Å². The maximum atomic E-state index is 11.3. The SMILES string of the molecule is COc1cccc(C=O)c1Oc1cc(-c2ccccc2)nc(SC)n1. The van der Waals surface area contributed by atoms with E-state index in [-0.39, 0.29) is 0 Å². The first-order valence-corrected chi connectivity index (χ1v) is 8.76. The first-order chi connectivity index (χ1) is 12.2. The summed E-state index contributed by atoms with van der Waals surface area (Å²) in [6.07, 6.45) is 2.63. The minimum Gasteiger partial charge on any atom is -0.493 e. The predicted molar refractivity (Wildman–Crippen MR) is 97.7 cm³/mol. The summed E-state index contributed by atoms with van der Waals surface area (Å²) in [6.45, 7) is 0. The van der Waals surface area contributed by atoms with Gasteiger partial charge in [-0.05, 0) is 18.4 Å². The summed E-state index contributed by atoms with van der Waals surface area (Å²) in [5.74, 6) is 1.16. The molecule has 0 radical (unpaired) electrons. The number of thioether (sulfide) groups is 1. The van der Waals surface area contributed by atoms with Crippen molar-refractivity contribution in [2.45, 2.75) is 5.16 Å². The van der Waals surface area contributed by atoms with E-state index >= 15 is 0 Å². The largest absolute Gasteiger partial charge is 0.493 e. The van der Waals surface area contributed by atoms with Crippen molar-refractivity contribution in [3.63, 3.8) is 0 Å². The van der Waals surface area contributed by atoms with E-state index in [0.717, 1.165) is 17.5 Å². The van der Waals surface area contributed by atoms with E-state index in [1.807, 2.05) is 36.6 Å². The second-order valence-corrected chi connectivity index (χ2v) is 5.82. The Labute approximate surface area is 150 Å². The summed E-state index contributed by atoms with van der Waals surface area (Å²) in [5.41, 5.74) is 2.10. The van der Waals surface area contributed by atoms with Gasteiger partial charge in [0.05, 0.1) is 18.4 Å². The first kappa shape index (κ1) is 17.0. The van der Waals surface area contributed by atoms with Gasteiger partial charge in [-0.1, -0.05) is 48.2 Å². The van der Waals surface area contributed by atoms with Crippen LogP contribution in [0.4, 0.5) is 0 Å². The molecular formula is C19H16N2O3S. The molecule has 0 atom stereocenters. The van der Waals surface area contributed by atoms with Crippen molar-refractivity contribution in [2.24, 2.45) is 0 Å². The maximum Gasteiger partial charge on any atom is 0.224 e. The van der Waals surface area contributed by atoms with E-state index in [9.17, 15) is 4.79 Å². The molecule has 0 spiro atoms. The number of hydrogen-bond acceptors (Lipinski definition) is 6. The van der Waals surface area contributed by atoms with Crippen LogP contribution in [0.2, 0.25) is 0 Å². The number of aldehydes is 1. The fourth-order valence-electron chi connectivity index (χ4n) is 2.30. The van der Waals surface area contributed by atoms with Crippen molar-refractivity contribution in [2.75, 3.05) is 13.4 Å². The lowest BCUT2D eigenvalue weighted by Gasteiger charge is -2.13. The molecule has 0 saturated heterocycles. The molecule has 6 heteroatoms. The molecule has 1 heterocycles. The van der Waals surface area contributed by atoms with Crippen molar-refractivity contribution in [1.82, 2.24) is 9.97 Å². The average Bonchev–Trinajstić information content (AvgIpc) is 2.68. The van der Waals surface area contributed by atoms with E-state index in [0.29, 0.717) is 28.1 Å². The fraction of sp³-hybridized carbons (Fsp3) is 0.105. The Balaban J connectivity index is 2.05. The summed E-state index contributed by atoms with van der Waals surface area (Å²) in [4.78, 5) is 20.2. The fourth-order valence-corrected chi connectivity index (χ4v) is 2.68. The van der Waals surface area contributed by atoms with Crippen LogP contribution < -0.4 is 9.47 Å². The molecule has 0 unspecified atom stereocenters. The highest BCUT2D eigenvalue weighted by Crippen LogP contribution is 2.35. The van der Waals surface area contributed by atoms with Crippen LogP contribution >= 0.6 is 11.8 Å². The Morgan fingerprint density at radius 3 is 2.52 bits per heavy atom. The van der Waals surface area contributed by atoms with Crippen LogP contribution in [0.5, 0.6) is 17.4 Å². The second kappa shape index (κ2) is 7.81. The zero-order valence-electron chi connectivity index (χ0n) is 13.8. The van der Waals surface area contributed by atoms with Gasteiger partial charge in [-0.2, -0.15) is 4.98 Å². The smallest absolute Gasteiger partial charge is 0.224 e. The van der Waals surface area contributed by atoms with Gasteiger partial charge in [0.1, 0.15) is 0 Å². The van der Waals surface area contributed by atoms with Crippen LogP contribution in [0.15, 0.2) is 59.8 Å². The molecule has 0 fully saturated rings. The maximum absolute atomic E-state index is 11.3. The number of carbonyl (C=O) groups is 1. The molecule has 5 nitrogen and oxygen atoms in total. The number of hydrogen-bond donors (Lipinski definition) is 0. The molecule has 0 saturated carbocycles. The lowest BCUT2D eigenvalue weighted by atomic mass is 10.1. The van der Waals surface area contributed by atoms with Crippen molar-refractivity contribution in [3.8, 4) is 28.6 Å². The quantitative estimate of drug-likeness (QED) is 0.370. The number of benzene rings is 2. The number of ether oxygens (including phenoxy) is 2. The minimum absolute atomic E-state index is 0.338. The van der Waals surface area contributed by atoms with Crippen LogP contribution in [-0.2, 0) is 0 Å². The lowest BCUT2D eigenvalue weighted by molar-refractivity contribution is 0.112. The average molecular weight is 352 g/mol. The van der Waals surface area contributed by atoms with Crippen LogP contribution in [0.25, 0.3) is 11.3 Å². The summed E-state index contributed by atoms with van der Waals surface area (Å²) in [6, 6.07) is 16.7. The standard InChI is InChI=1S/C19H16N2O3S/c1-23-16-10-6-9-14(12-22)18(16)24-17-11-15(20-19(21-17)25-2)13-7-4-3-5-8-13/h3-12H,1-2H3. The highest BCUT2D eigenvalue weighted by molar-refractivity contribution is 7.98. The van der Waals surface area contributed by atoms with Crippen molar-refractivity contribution < 1.29 is 14.3 Å². The third-order valence-electron chi connectivity index (χ3n) is 3.50. The van der Waals surface area contributed by atoms with E-state index < -0.39 is 0 Å². The van der Waals surface area contributed by atoms with E-state index in [1.54, 1.807) is 24.3 Å². The number of methoxy groups -OCH3 is 1. The highest BCUT2D eigenvalue weighted by Gasteiger charge is 2.14. The Hall–Kier alpha value is -2.86. The highest BCUT2D eigenvalue weighted by atomic mass is 32.2. The van der Waals surface area contributed by atoms with Gasteiger partial charge in [0.2, 0.25) is 5.88 Å². The lowest BCUT2D eigenvalue weighted by Crippen LogP contribution is -1.99.